The van der Waals surface area contributed by atoms with Crippen molar-refractivity contribution in [1.82, 2.24) is 63.8 Å². The van der Waals surface area contributed by atoms with E-state index in [4.69, 9.17) is 5.73 Å². The molecule has 2 unspecified atom stereocenters. The number of amides is 15. The molecule has 0 radical (unpaired) electrons. The van der Waals surface area contributed by atoms with Gasteiger partial charge in [0.2, 0.25) is 53.2 Å². The van der Waals surface area contributed by atoms with E-state index in [1.807, 2.05) is 0 Å². The molecule has 15 amide bonds. The largest absolute Gasteiger partial charge is 0.480 e. The normalized spacial score (nSPS) is 17.8. The number of aliphatic carboxylic acids is 2. The number of anilines is 2. The van der Waals surface area contributed by atoms with Gasteiger partial charge in [-0.25, -0.2) is 9.59 Å². The molecule has 39 nitrogen and oxygen atoms in total. The molecular formula is C58H73N17O22S2. The molecule has 0 aromatic heterocycles. The van der Waals surface area contributed by atoms with Crippen LogP contribution in [0.1, 0.15) is 85.4 Å². The number of primary amides is 1. The average molecular weight is 1420 g/mol. The van der Waals surface area contributed by atoms with Crippen LogP contribution in [-0.4, -0.2) is 207 Å². The van der Waals surface area contributed by atoms with E-state index in [0.717, 1.165) is 47.8 Å². The summed E-state index contributed by atoms with van der Waals surface area (Å²) >= 11 is 1.92. The molecule has 0 fully saturated rings. The summed E-state index contributed by atoms with van der Waals surface area (Å²) in [6.07, 6.45) is -2.03. The number of nitrogens with zero attached hydrogens (tertiary/aromatic N) is 2. The van der Waals surface area contributed by atoms with Crippen LogP contribution in [0.15, 0.2) is 70.5 Å². The van der Waals surface area contributed by atoms with Gasteiger partial charge in [0.25, 0.3) is 23.2 Å². The molecule has 3 aromatic carbocycles. The molecule has 5 rings (SSSR count). The minimum Gasteiger partial charge on any atom is -0.480 e. The zero-order valence-electron chi connectivity index (χ0n) is 52.7. The second kappa shape index (κ2) is 39.1. The number of aliphatic hydroxyl groups is 1. The number of urea groups is 2. The third kappa shape index (κ3) is 26.7. The van der Waals surface area contributed by atoms with E-state index in [2.05, 4.69) is 74.4 Å². The maximum Gasteiger partial charge on any atom is 0.322 e. The van der Waals surface area contributed by atoms with Crippen LogP contribution >= 0.6 is 23.5 Å². The van der Waals surface area contributed by atoms with E-state index >= 15 is 0 Å². The quantitative estimate of drug-likeness (QED) is 0.0213. The molecule has 3 aromatic rings. The smallest absolute Gasteiger partial charge is 0.322 e. The zero-order valence-corrected chi connectivity index (χ0v) is 54.4. The predicted octanol–water partition coefficient (Wildman–Crippen LogP) is -2.50. The van der Waals surface area contributed by atoms with Crippen molar-refractivity contribution in [3.63, 3.8) is 0 Å². The standard InChI is InChI=1S/C58H73N17O22S2/c1-29(76)48-56(91)63-26-45(79)69-39(17-21-99-42-15-13-33(75(96)97)23-35(42)50(85)73-48)55(90)71-37(52(87)65-28-47(82)83)7-3-5-19-61-58(93)67-31-10-8-30(9-11-31)66-57(92)60-18-4-2-6-36(51(86)64-27-46(80)81)70-54(89)38-16-20-98-41-14-12-32(74(94)95)22-34(41)49(84)72-40(24-43(59)77)53(88)62-25-44(78)68-38/h8-15,22-23,29,36-40,48,76H,2-7,16-21,24-28H2,1H3,(H2,59,77)(H,62,88)(H,63,91)(H,64,86)(H,65,87)(H,68,78)(H,69,79)(H,70,89)(H,71,90)(H,72,84)(H,73,85)(H,80,81)(H,82,83)(H2,60,66,92)(H2,61,67,93)/t29?,36-,37-,38-,39?,40-,48-/m0/s1. The molecule has 2 aliphatic heterocycles. The maximum absolute atomic E-state index is 13.9. The fourth-order valence-corrected chi connectivity index (χ4v) is 11.4. The van der Waals surface area contributed by atoms with E-state index in [1.54, 1.807) is 0 Å². The summed E-state index contributed by atoms with van der Waals surface area (Å²) in [5.74, 6) is -13.2. The average Bonchev–Trinajstić information content (AvgIpc) is 1.61. The van der Waals surface area contributed by atoms with E-state index in [1.165, 1.54) is 43.3 Å². The van der Waals surface area contributed by atoms with Crippen LogP contribution in [0.25, 0.3) is 0 Å². The van der Waals surface area contributed by atoms with Gasteiger partial charge in [-0.1, -0.05) is 0 Å². The highest BCUT2D eigenvalue weighted by atomic mass is 32.2. The number of nitrogens with one attached hydrogen (secondary N) is 14. The number of rotatable bonds is 27. The van der Waals surface area contributed by atoms with Crippen LogP contribution in [0.4, 0.5) is 32.3 Å². The Morgan fingerprint density at radius 3 is 1.39 bits per heavy atom. The Balaban J connectivity index is 1.11. The van der Waals surface area contributed by atoms with Gasteiger partial charge in [0.1, 0.15) is 49.3 Å². The van der Waals surface area contributed by atoms with Crippen LogP contribution in [0, 0.1) is 20.2 Å². The van der Waals surface area contributed by atoms with Gasteiger partial charge in [0.05, 0.1) is 46.6 Å². The van der Waals surface area contributed by atoms with E-state index < -0.39 is 185 Å². The number of carbonyl (C=O) groups excluding carboxylic acids is 13. The summed E-state index contributed by atoms with van der Waals surface area (Å²) in [6, 6.07) is 2.40. The molecule has 0 spiro atoms. The van der Waals surface area contributed by atoms with Crippen LogP contribution < -0.4 is 80.2 Å². The van der Waals surface area contributed by atoms with E-state index in [-0.39, 0.29) is 103 Å². The summed E-state index contributed by atoms with van der Waals surface area (Å²) in [5.41, 5.74) is 4.44. The molecule has 99 heavy (non-hydrogen) atoms. The molecule has 7 atom stereocenters. The maximum atomic E-state index is 13.9. The number of fused-ring (bicyclic) bond motifs is 2. The van der Waals surface area contributed by atoms with Crippen LogP contribution in [0.3, 0.4) is 0 Å². The lowest BCUT2D eigenvalue weighted by atomic mass is 10.1. The third-order valence-corrected chi connectivity index (χ3v) is 16.5. The number of hydrogen-bond donors (Lipinski definition) is 18. The number of thioether (sulfide) groups is 2. The molecule has 19 N–H and O–H groups in total. The van der Waals surface area contributed by atoms with Crippen LogP contribution in [0.5, 0.6) is 0 Å². The molecule has 0 aliphatic carbocycles. The molecule has 534 valence electrons. The minimum absolute atomic E-state index is 0.00356. The number of nitrogens with two attached hydrogens (primary N) is 1. The number of aliphatic hydroxyl groups excluding tert-OH is 1. The fourth-order valence-electron chi connectivity index (χ4n) is 9.30. The number of nitro benzene ring substituents is 2. The molecule has 0 saturated carbocycles. The first kappa shape index (κ1) is 78.5. The molecule has 0 saturated heterocycles. The second-order valence-electron chi connectivity index (χ2n) is 21.9. The molecule has 2 aliphatic rings. The number of hydrogen-bond acceptors (Lipinski definition) is 22. The second-order valence-corrected chi connectivity index (χ2v) is 24.2. The van der Waals surface area contributed by atoms with Gasteiger partial charge < -0.3 is 95.5 Å². The molecule has 0 bridgehead atoms. The number of non-ortho nitro benzene ring substituents is 2. The monoisotopic (exact) mass is 1420 g/mol. The van der Waals surface area contributed by atoms with Gasteiger partial charge in [-0.15, -0.1) is 23.5 Å². The fraction of sp³-hybridized carbons (Fsp3) is 0.431. The number of benzene rings is 3. The summed E-state index contributed by atoms with van der Waals surface area (Å²) in [5, 5.41) is 85.8. The highest BCUT2D eigenvalue weighted by Crippen LogP contribution is 2.30. The Hall–Kier alpha value is -11.2. The van der Waals surface area contributed by atoms with Crippen molar-refractivity contribution in [2.75, 3.05) is 61.4 Å². The molecule has 41 heteroatoms. The number of carboxylic acids is 2. The minimum atomic E-state index is -1.62. The van der Waals surface area contributed by atoms with Crippen molar-refractivity contribution < 1.29 is 97.1 Å². The predicted molar refractivity (Wildman–Crippen MR) is 348 cm³/mol. The number of unbranched alkanes of at least 4 members (excludes halogenated alkanes) is 2. The zero-order chi connectivity index (χ0) is 72.9. The SMILES string of the molecule is CC(O)[C@@H]1NC(=O)c2cc([N+](=O)[O-])ccc2SCCC(C(=O)N[C@@H](CCCCNC(=O)Nc2ccc(NC(=O)NCCCC[C@H](NC(=O)[C@@H]3CCSc4ccc([N+](=O)[O-])cc4C(=O)N[C@@H](CC(N)=O)C(=O)NCC(=O)N3)C(=O)NCC(=O)O)cc2)C(=O)NCC(=O)O)NC(=O)CNC1=O. The van der Waals surface area contributed by atoms with Gasteiger partial charge in [-0.3, -0.25) is 82.6 Å². The van der Waals surface area contributed by atoms with Crippen molar-refractivity contribution in [3.05, 3.63) is 92.0 Å². The first-order valence-corrected chi connectivity index (χ1v) is 32.3. The summed E-state index contributed by atoms with van der Waals surface area (Å²) in [7, 11) is 0. The Bertz CT molecular complexity index is 3570. The van der Waals surface area contributed by atoms with Crippen molar-refractivity contribution >= 4 is 135 Å². The summed E-state index contributed by atoms with van der Waals surface area (Å²) in [4.78, 5) is 215. The Labute approximate surface area is 570 Å². The highest BCUT2D eigenvalue weighted by Gasteiger charge is 2.34. The lowest BCUT2D eigenvalue weighted by Crippen LogP contribution is -2.56. The van der Waals surface area contributed by atoms with Crippen LogP contribution in [0.2, 0.25) is 0 Å². The highest BCUT2D eigenvalue weighted by molar-refractivity contribution is 7.99. The van der Waals surface area contributed by atoms with E-state index in [9.17, 15) is 107 Å². The molecule has 2 heterocycles. The Morgan fingerprint density at radius 2 is 1.00 bits per heavy atom. The van der Waals surface area contributed by atoms with Crippen molar-refractivity contribution in [2.45, 2.75) is 117 Å². The van der Waals surface area contributed by atoms with Crippen LogP contribution in [-0.2, 0) is 52.7 Å². The summed E-state index contributed by atoms with van der Waals surface area (Å²) < 4.78 is 0. The molecular weight excluding hydrogens is 1350 g/mol. The number of carbonyl (C=O) groups is 15. The first-order chi connectivity index (χ1) is 47.0. The van der Waals surface area contributed by atoms with E-state index in [0.29, 0.717) is 5.69 Å². The third-order valence-electron chi connectivity index (χ3n) is 14.3. The van der Waals surface area contributed by atoms with Crippen molar-refractivity contribution in [2.24, 2.45) is 5.73 Å². The van der Waals surface area contributed by atoms with Gasteiger partial charge in [0.15, 0.2) is 0 Å². The van der Waals surface area contributed by atoms with Crippen molar-refractivity contribution in [3.8, 4) is 0 Å². The van der Waals surface area contributed by atoms with Gasteiger partial charge >= 0.3 is 24.0 Å². The van der Waals surface area contributed by atoms with Gasteiger partial charge in [0, 0.05) is 70.0 Å². The van der Waals surface area contributed by atoms with Gasteiger partial charge in [-0.05, 0) is 94.7 Å². The lowest BCUT2D eigenvalue weighted by Gasteiger charge is -2.25. The topological polar surface area (TPSA) is 597 Å². The van der Waals surface area contributed by atoms with Gasteiger partial charge in [-0.2, -0.15) is 0 Å². The Morgan fingerprint density at radius 1 is 0.586 bits per heavy atom. The lowest BCUT2D eigenvalue weighted by molar-refractivity contribution is -0.385. The number of carboxylic acid groups (broad SMARTS) is 2. The first-order valence-electron chi connectivity index (χ1n) is 30.3. The Kier molecular flexibility index (Phi) is 31.0. The summed E-state index contributed by atoms with van der Waals surface area (Å²) in [6.45, 7) is -1.91. The van der Waals surface area contributed by atoms with Crippen molar-refractivity contribution in [1.29, 1.82) is 0 Å². The number of nitro groups is 2.